The Balaban J connectivity index is 2.40. The van der Waals surface area contributed by atoms with Crippen LogP contribution in [0.4, 0.5) is 0 Å². The third kappa shape index (κ3) is 1.11. The highest BCUT2D eigenvalue weighted by Gasteiger charge is 2.45. The molecule has 1 aliphatic carbocycles. The van der Waals surface area contributed by atoms with Crippen molar-refractivity contribution in [1.29, 1.82) is 0 Å². The van der Waals surface area contributed by atoms with Crippen molar-refractivity contribution in [3.05, 3.63) is 29.0 Å². The highest BCUT2D eigenvalue weighted by Crippen LogP contribution is 2.48. The number of halogens is 1. The zero-order valence-corrected chi connectivity index (χ0v) is 7.51. The number of nitrogens with two attached hydrogens (primary N) is 1. The standard InChI is InChI=1S/C9H11ClN2/c10-7-2-1-5-12-8(7)9(6-11)3-4-9/h1-2,5H,3-4,6,11H2. The predicted octanol–water partition coefficient (Wildman–Crippen LogP) is 1.73. The Morgan fingerprint density at radius 2 is 2.33 bits per heavy atom. The van der Waals surface area contributed by atoms with Gasteiger partial charge in [-0.2, -0.15) is 0 Å². The van der Waals surface area contributed by atoms with Gasteiger partial charge in [0.25, 0.3) is 0 Å². The van der Waals surface area contributed by atoms with Gasteiger partial charge in [-0.15, -0.1) is 0 Å². The molecule has 0 unspecified atom stereocenters. The zero-order valence-electron chi connectivity index (χ0n) is 6.76. The molecule has 1 aromatic heterocycles. The molecule has 2 N–H and O–H groups in total. The SMILES string of the molecule is NCC1(c2ncccc2Cl)CC1. The fraction of sp³-hybridized carbons (Fsp3) is 0.444. The molecule has 64 valence electrons. The minimum absolute atomic E-state index is 0.109. The van der Waals surface area contributed by atoms with E-state index in [2.05, 4.69) is 4.98 Å². The first-order valence-corrected chi connectivity index (χ1v) is 4.47. The molecule has 3 heteroatoms. The highest BCUT2D eigenvalue weighted by molar-refractivity contribution is 6.31. The Morgan fingerprint density at radius 1 is 1.58 bits per heavy atom. The van der Waals surface area contributed by atoms with Crippen LogP contribution in [0.2, 0.25) is 5.02 Å². The Kier molecular flexibility index (Phi) is 1.81. The van der Waals surface area contributed by atoms with E-state index in [1.54, 1.807) is 6.20 Å². The molecule has 0 bridgehead atoms. The van der Waals surface area contributed by atoms with Crippen molar-refractivity contribution in [2.75, 3.05) is 6.54 Å². The molecular formula is C9H11ClN2. The van der Waals surface area contributed by atoms with E-state index in [1.165, 1.54) is 0 Å². The van der Waals surface area contributed by atoms with E-state index < -0.39 is 0 Å². The van der Waals surface area contributed by atoms with Gasteiger partial charge in [0, 0.05) is 18.2 Å². The number of rotatable bonds is 2. The molecule has 2 rings (SSSR count). The number of nitrogens with zero attached hydrogens (tertiary/aromatic N) is 1. The van der Waals surface area contributed by atoms with Crippen molar-refractivity contribution in [2.24, 2.45) is 5.73 Å². The van der Waals surface area contributed by atoms with Gasteiger partial charge in [-0.3, -0.25) is 4.98 Å². The van der Waals surface area contributed by atoms with Crippen molar-refractivity contribution in [3.63, 3.8) is 0 Å². The summed E-state index contributed by atoms with van der Waals surface area (Å²) < 4.78 is 0. The first kappa shape index (κ1) is 8.02. The summed E-state index contributed by atoms with van der Waals surface area (Å²) >= 11 is 6.01. The average molecular weight is 183 g/mol. The summed E-state index contributed by atoms with van der Waals surface area (Å²) in [5.41, 5.74) is 6.76. The lowest BCUT2D eigenvalue weighted by molar-refractivity contribution is 0.679. The van der Waals surface area contributed by atoms with Crippen LogP contribution >= 0.6 is 11.6 Å². The van der Waals surface area contributed by atoms with E-state index >= 15 is 0 Å². The fourth-order valence-electron chi connectivity index (χ4n) is 1.46. The van der Waals surface area contributed by atoms with Gasteiger partial charge in [0.15, 0.2) is 0 Å². The molecule has 0 radical (unpaired) electrons. The molecule has 0 aliphatic heterocycles. The largest absolute Gasteiger partial charge is 0.330 e. The molecule has 1 aliphatic rings. The van der Waals surface area contributed by atoms with E-state index in [0.29, 0.717) is 6.54 Å². The van der Waals surface area contributed by atoms with Crippen LogP contribution in [-0.2, 0) is 5.41 Å². The Morgan fingerprint density at radius 3 is 2.83 bits per heavy atom. The molecule has 0 saturated heterocycles. The smallest absolute Gasteiger partial charge is 0.0663 e. The van der Waals surface area contributed by atoms with Gasteiger partial charge in [-0.05, 0) is 25.0 Å². The number of hydrogen-bond donors (Lipinski definition) is 1. The minimum atomic E-state index is 0.109. The molecule has 1 fully saturated rings. The number of hydrogen-bond acceptors (Lipinski definition) is 2. The number of pyridine rings is 1. The van der Waals surface area contributed by atoms with Gasteiger partial charge in [0.2, 0.25) is 0 Å². The van der Waals surface area contributed by atoms with Gasteiger partial charge in [0.1, 0.15) is 0 Å². The molecule has 0 amide bonds. The molecule has 12 heavy (non-hydrogen) atoms. The summed E-state index contributed by atoms with van der Waals surface area (Å²) in [6.07, 6.45) is 4.03. The summed E-state index contributed by atoms with van der Waals surface area (Å²) in [5, 5.41) is 0.750. The molecule has 1 saturated carbocycles. The van der Waals surface area contributed by atoms with Gasteiger partial charge in [-0.25, -0.2) is 0 Å². The van der Waals surface area contributed by atoms with Crippen molar-refractivity contribution in [3.8, 4) is 0 Å². The Labute approximate surface area is 76.7 Å². The number of aromatic nitrogens is 1. The second-order valence-corrected chi connectivity index (χ2v) is 3.73. The lowest BCUT2D eigenvalue weighted by Crippen LogP contribution is -2.21. The van der Waals surface area contributed by atoms with E-state index in [1.807, 2.05) is 12.1 Å². The third-order valence-electron chi connectivity index (χ3n) is 2.51. The lowest BCUT2D eigenvalue weighted by Gasteiger charge is -2.12. The van der Waals surface area contributed by atoms with Crippen LogP contribution in [0.3, 0.4) is 0 Å². The molecule has 1 aromatic rings. The van der Waals surface area contributed by atoms with E-state index in [4.69, 9.17) is 17.3 Å². The summed E-state index contributed by atoms with van der Waals surface area (Å²) in [6, 6.07) is 3.72. The van der Waals surface area contributed by atoms with E-state index in [9.17, 15) is 0 Å². The predicted molar refractivity (Wildman–Crippen MR) is 49.2 cm³/mol. The maximum absolute atomic E-state index is 6.01. The van der Waals surface area contributed by atoms with Crippen molar-refractivity contribution in [2.45, 2.75) is 18.3 Å². The van der Waals surface area contributed by atoms with Crippen LogP contribution in [-0.4, -0.2) is 11.5 Å². The van der Waals surface area contributed by atoms with Crippen LogP contribution in [0.25, 0.3) is 0 Å². The van der Waals surface area contributed by atoms with Crippen LogP contribution in [0.15, 0.2) is 18.3 Å². The van der Waals surface area contributed by atoms with Gasteiger partial charge in [-0.1, -0.05) is 11.6 Å². The minimum Gasteiger partial charge on any atom is -0.330 e. The van der Waals surface area contributed by atoms with Crippen LogP contribution in [0.1, 0.15) is 18.5 Å². The molecule has 0 spiro atoms. The van der Waals surface area contributed by atoms with E-state index in [-0.39, 0.29) is 5.41 Å². The first-order chi connectivity index (χ1) is 5.78. The van der Waals surface area contributed by atoms with Gasteiger partial charge in [0.05, 0.1) is 10.7 Å². The second kappa shape index (κ2) is 2.71. The normalized spacial score (nSPS) is 19.2. The van der Waals surface area contributed by atoms with Crippen LogP contribution < -0.4 is 5.73 Å². The van der Waals surface area contributed by atoms with Crippen LogP contribution in [0.5, 0.6) is 0 Å². The Bertz CT molecular complexity index is 294. The molecule has 0 aromatic carbocycles. The molecule has 1 heterocycles. The maximum atomic E-state index is 6.01. The van der Waals surface area contributed by atoms with Crippen LogP contribution in [0, 0.1) is 0 Å². The Hall–Kier alpha value is -0.600. The summed E-state index contributed by atoms with van der Waals surface area (Å²) in [5.74, 6) is 0. The average Bonchev–Trinajstić information content (AvgIpc) is 2.86. The summed E-state index contributed by atoms with van der Waals surface area (Å²) in [7, 11) is 0. The highest BCUT2D eigenvalue weighted by atomic mass is 35.5. The topological polar surface area (TPSA) is 38.9 Å². The monoisotopic (exact) mass is 182 g/mol. The van der Waals surface area contributed by atoms with Crippen molar-refractivity contribution >= 4 is 11.6 Å². The summed E-state index contributed by atoms with van der Waals surface area (Å²) in [4.78, 5) is 4.27. The van der Waals surface area contributed by atoms with E-state index in [0.717, 1.165) is 23.6 Å². The molecular weight excluding hydrogens is 172 g/mol. The first-order valence-electron chi connectivity index (χ1n) is 4.10. The van der Waals surface area contributed by atoms with Gasteiger partial charge >= 0.3 is 0 Å². The summed E-state index contributed by atoms with van der Waals surface area (Å²) in [6.45, 7) is 0.656. The van der Waals surface area contributed by atoms with Crippen molar-refractivity contribution < 1.29 is 0 Å². The van der Waals surface area contributed by atoms with Gasteiger partial charge < -0.3 is 5.73 Å². The lowest BCUT2D eigenvalue weighted by atomic mass is 10.0. The molecule has 2 nitrogen and oxygen atoms in total. The van der Waals surface area contributed by atoms with Crippen molar-refractivity contribution in [1.82, 2.24) is 4.98 Å². The maximum Gasteiger partial charge on any atom is 0.0663 e. The molecule has 0 atom stereocenters. The second-order valence-electron chi connectivity index (χ2n) is 3.32. The third-order valence-corrected chi connectivity index (χ3v) is 2.81. The quantitative estimate of drug-likeness (QED) is 0.757. The fourth-order valence-corrected chi connectivity index (χ4v) is 1.79. The zero-order chi connectivity index (χ0) is 8.60.